The minimum absolute atomic E-state index is 0.00265. The second-order valence-electron chi connectivity index (χ2n) is 7.16. The van der Waals surface area contributed by atoms with Crippen molar-refractivity contribution in [3.8, 4) is 5.69 Å². The van der Waals surface area contributed by atoms with Gasteiger partial charge in [-0.25, -0.2) is 13.4 Å². The summed E-state index contributed by atoms with van der Waals surface area (Å²) in [6.07, 6.45) is 4.82. The van der Waals surface area contributed by atoms with Crippen molar-refractivity contribution >= 4 is 27.7 Å². The SMILES string of the molecule is CC(C)c1ccc(-n2ccnc2SCC(=O)N2CCN(S(C)(=O)=O)CC2)cc1. The molecule has 0 spiro atoms. The van der Waals surface area contributed by atoms with E-state index >= 15 is 0 Å². The molecule has 0 atom stereocenters. The lowest BCUT2D eigenvalue weighted by molar-refractivity contribution is -0.129. The fourth-order valence-corrected chi connectivity index (χ4v) is 4.80. The number of carbonyl (C=O) groups is 1. The summed E-state index contributed by atoms with van der Waals surface area (Å²) in [5.74, 6) is 0.759. The highest BCUT2D eigenvalue weighted by Gasteiger charge is 2.26. The third-order valence-electron chi connectivity index (χ3n) is 4.83. The number of imidazole rings is 1. The van der Waals surface area contributed by atoms with Crippen molar-refractivity contribution in [2.45, 2.75) is 24.9 Å². The molecule has 1 aliphatic heterocycles. The minimum Gasteiger partial charge on any atom is -0.339 e. The number of thioether (sulfide) groups is 1. The minimum atomic E-state index is -3.19. The summed E-state index contributed by atoms with van der Waals surface area (Å²) in [4.78, 5) is 18.6. The summed E-state index contributed by atoms with van der Waals surface area (Å²) in [5, 5.41) is 0.764. The van der Waals surface area contributed by atoms with E-state index in [0.29, 0.717) is 32.1 Å². The van der Waals surface area contributed by atoms with Crippen molar-refractivity contribution in [2.24, 2.45) is 0 Å². The number of sulfonamides is 1. The summed E-state index contributed by atoms with van der Waals surface area (Å²) in [6, 6.07) is 8.35. The standard InChI is InChI=1S/C19H26N4O3S2/c1-15(2)16-4-6-17(7-5-16)23-9-8-20-19(23)27-14-18(24)21-10-12-22(13-11-21)28(3,25)26/h4-9,15H,10-14H2,1-3H3. The van der Waals surface area contributed by atoms with Gasteiger partial charge < -0.3 is 4.90 Å². The van der Waals surface area contributed by atoms with Crippen LogP contribution in [0, 0.1) is 0 Å². The number of benzene rings is 1. The molecular weight excluding hydrogens is 396 g/mol. The number of amides is 1. The smallest absolute Gasteiger partial charge is 0.233 e. The fraction of sp³-hybridized carbons (Fsp3) is 0.474. The van der Waals surface area contributed by atoms with Crippen molar-refractivity contribution < 1.29 is 13.2 Å². The summed E-state index contributed by atoms with van der Waals surface area (Å²) in [5.41, 5.74) is 2.29. The molecule has 0 aliphatic carbocycles. The van der Waals surface area contributed by atoms with Gasteiger partial charge in [0.2, 0.25) is 15.9 Å². The third kappa shape index (κ3) is 4.95. The van der Waals surface area contributed by atoms with Crippen molar-refractivity contribution in [3.63, 3.8) is 0 Å². The van der Waals surface area contributed by atoms with Crippen LogP contribution >= 0.6 is 11.8 Å². The first-order valence-corrected chi connectivity index (χ1v) is 12.1. The molecule has 0 unspecified atom stereocenters. The van der Waals surface area contributed by atoms with Gasteiger partial charge in [0.05, 0.1) is 12.0 Å². The van der Waals surface area contributed by atoms with Crippen LogP contribution in [0.5, 0.6) is 0 Å². The zero-order valence-electron chi connectivity index (χ0n) is 16.4. The summed E-state index contributed by atoms with van der Waals surface area (Å²) >= 11 is 1.40. The second kappa shape index (κ2) is 8.67. The van der Waals surface area contributed by atoms with Crippen LogP contribution in [0.15, 0.2) is 41.8 Å². The average molecular weight is 423 g/mol. The third-order valence-corrected chi connectivity index (χ3v) is 7.08. The van der Waals surface area contributed by atoms with Gasteiger partial charge in [0.1, 0.15) is 0 Å². The van der Waals surface area contributed by atoms with E-state index in [1.165, 1.54) is 27.9 Å². The van der Waals surface area contributed by atoms with Crippen LogP contribution in [0.25, 0.3) is 5.69 Å². The van der Waals surface area contributed by atoms with Gasteiger partial charge in [-0.1, -0.05) is 37.7 Å². The van der Waals surface area contributed by atoms with E-state index < -0.39 is 10.0 Å². The van der Waals surface area contributed by atoms with Gasteiger partial charge in [-0.2, -0.15) is 4.31 Å². The van der Waals surface area contributed by atoms with E-state index in [-0.39, 0.29) is 11.7 Å². The predicted octanol–water partition coefficient (Wildman–Crippen LogP) is 2.19. The van der Waals surface area contributed by atoms with E-state index in [1.807, 2.05) is 10.8 Å². The molecule has 0 bridgehead atoms. The fourth-order valence-electron chi connectivity index (χ4n) is 3.10. The Hall–Kier alpha value is -1.84. The first kappa shape index (κ1) is 20.9. The van der Waals surface area contributed by atoms with Crippen LogP contribution in [-0.4, -0.2) is 71.3 Å². The van der Waals surface area contributed by atoms with Gasteiger partial charge in [-0.3, -0.25) is 9.36 Å². The highest BCUT2D eigenvalue weighted by atomic mass is 32.2. The Balaban J connectivity index is 1.59. The number of nitrogens with zero attached hydrogens (tertiary/aromatic N) is 4. The zero-order chi connectivity index (χ0) is 20.3. The molecule has 1 aromatic heterocycles. The number of hydrogen-bond acceptors (Lipinski definition) is 5. The summed E-state index contributed by atoms with van der Waals surface area (Å²) in [7, 11) is -3.19. The summed E-state index contributed by atoms with van der Waals surface area (Å²) in [6.45, 7) is 5.89. The first-order valence-electron chi connectivity index (χ1n) is 9.25. The molecule has 1 amide bonds. The Bertz CT molecular complexity index is 915. The molecule has 0 saturated carbocycles. The number of piperazine rings is 1. The topological polar surface area (TPSA) is 75.5 Å². The monoisotopic (exact) mass is 422 g/mol. The Labute approximate surface area is 170 Å². The maximum Gasteiger partial charge on any atom is 0.233 e. The van der Waals surface area contributed by atoms with Crippen molar-refractivity contribution in [1.29, 1.82) is 0 Å². The zero-order valence-corrected chi connectivity index (χ0v) is 18.0. The Morgan fingerprint density at radius 2 is 1.79 bits per heavy atom. The molecule has 152 valence electrons. The highest BCUT2D eigenvalue weighted by molar-refractivity contribution is 7.99. The first-order chi connectivity index (χ1) is 13.3. The lowest BCUT2D eigenvalue weighted by atomic mass is 10.0. The maximum atomic E-state index is 12.5. The Morgan fingerprint density at radius 1 is 1.14 bits per heavy atom. The van der Waals surface area contributed by atoms with Crippen LogP contribution in [0.3, 0.4) is 0 Å². The van der Waals surface area contributed by atoms with Crippen LogP contribution in [0.4, 0.5) is 0 Å². The van der Waals surface area contributed by atoms with E-state index in [2.05, 4.69) is 43.1 Å². The molecule has 0 radical (unpaired) electrons. The maximum absolute atomic E-state index is 12.5. The van der Waals surface area contributed by atoms with Gasteiger partial charge in [0.25, 0.3) is 0 Å². The van der Waals surface area contributed by atoms with Crippen LogP contribution in [0.2, 0.25) is 0 Å². The van der Waals surface area contributed by atoms with Gasteiger partial charge in [-0.05, 0) is 23.6 Å². The van der Waals surface area contributed by atoms with Crippen molar-refractivity contribution in [3.05, 3.63) is 42.2 Å². The molecule has 1 aromatic carbocycles. The molecule has 28 heavy (non-hydrogen) atoms. The Morgan fingerprint density at radius 3 is 2.36 bits per heavy atom. The van der Waals surface area contributed by atoms with Gasteiger partial charge in [0.15, 0.2) is 5.16 Å². The van der Waals surface area contributed by atoms with Gasteiger partial charge >= 0.3 is 0 Å². The number of carbonyl (C=O) groups excluding carboxylic acids is 1. The number of rotatable bonds is 6. The van der Waals surface area contributed by atoms with E-state index in [0.717, 1.165) is 10.8 Å². The molecule has 1 fully saturated rings. The molecule has 3 rings (SSSR count). The largest absolute Gasteiger partial charge is 0.339 e. The summed E-state index contributed by atoms with van der Waals surface area (Å²) < 4.78 is 26.6. The lowest BCUT2D eigenvalue weighted by Gasteiger charge is -2.33. The van der Waals surface area contributed by atoms with Gasteiger partial charge in [-0.15, -0.1) is 0 Å². The van der Waals surface area contributed by atoms with Crippen LogP contribution < -0.4 is 0 Å². The number of aromatic nitrogens is 2. The molecule has 1 saturated heterocycles. The van der Waals surface area contributed by atoms with E-state index in [9.17, 15) is 13.2 Å². The average Bonchev–Trinajstić information content (AvgIpc) is 3.14. The highest BCUT2D eigenvalue weighted by Crippen LogP contribution is 2.23. The molecule has 2 heterocycles. The predicted molar refractivity (Wildman–Crippen MR) is 111 cm³/mol. The molecule has 9 heteroatoms. The molecule has 2 aromatic rings. The molecule has 1 aliphatic rings. The Kier molecular flexibility index (Phi) is 6.47. The normalized spacial score (nSPS) is 15.9. The van der Waals surface area contributed by atoms with Crippen LogP contribution in [-0.2, 0) is 14.8 Å². The van der Waals surface area contributed by atoms with Gasteiger partial charge in [0, 0.05) is 44.3 Å². The molecule has 0 N–H and O–H groups in total. The molecular formula is C19H26N4O3S2. The van der Waals surface area contributed by atoms with Crippen molar-refractivity contribution in [1.82, 2.24) is 18.8 Å². The molecule has 7 nitrogen and oxygen atoms in total. The van der Waals surface area contributed by atoms with Crippen molar-refractivity contribution in [2.75, 3.05) is 38.2 Å². The van der Waals surface area contributed by atoms with Crippen LogP contribution in [0.1, 0.15) is 25.3 Å². The second-order valence-corrected chi connectivity index (χ2v) is 10.1. The number of hydrogen-bond donors (Lipinski definition) is 0. The lowest BCUT2D eigenvalue weighted by Crippen LogP contribution is -2.50. The van der Waals surface area contributed by atoms with E-state index in [4.69, 9.17) is 0 Å². The van der Waals surface area contributed by atoms with E-state index in [1.54, 1.807) is 11.1 Å². The quantitative estimate of drug-likeness (QED) is 0.667.